The van der Waals surface area contributed by atoms with Crippen molar-refractivity contribution in [3.8, 4) is 16.9 Å². The fourth-order valence-corrected chi connectivity index (χ4v) is 3.09. The Hall–Kier alpha value is -3.13. The topological polar surface area (TPSA) is 91.0 Å². The Morgan fingerprint density at radius 3 is 2.74 bits per heavy atom. The van der Waals surface area contributed by atoms with Crippen molar-refractivity contribution in [2.75, 3.05) is 43.5 Å². The Bertz CT molecular complexity index is 856. The number of rotatable bonds is 5. The van der Waals surface area contributed by atoms with E-state index in [1.54, 1.807) is 19.5 Å². The van der Waals surface area contributed by atoms with Gasteiger partial charge in [-0.3, -0.25) is 5.10 Å². The van der Waals surface area contributed by atoms with Crippen LogP contribution in [0.5, 0.6) is 5.75 Å². The average Bonchev–Trinajstić information content (AvgIpc) is 3.11. The maximum absolute atomic E-state index is 5.44. The molecule has 0 radical (unpaired) electrons. The molecule has 1 aliphatic rings. The van der Waals surface area contributed by atoms with Crippen molar-refractivity contribution in [3.05, 3.63) is 42.9 Å². The Morgan fingerprint density at radius 1 is 1.07 bits per heavy atom. The summed E-state index contributed by atoms with van der Waals surface area (Å²) in [5, 5.41) is 13.6. The number of nitrogens with one attached hydrogen (secondary N) is 3. The van der Waals surface area contributed by atoms with Crippen molar-refractivity contribution in [2.45, 2.75) is 6.42 Å². The standard InChI is InChI=1S/C19H23N7O/c1-27-17-13-21-19(26-9-2-7-20-8-10-26)25-18(17)24-16-5-3-14(4-6-16)15-11-22-23-12-15/h3-6,11-13,20H,2,7-10H2,1H3,(H,22,23)(H,21,24,25). The minimum Gasteiger partial charge on any atom is -0.491 e. The first-order valence-corrected chi connectivity index (χ1v) is 9.06. The van der Waals surface area contributed by atoms with Gasteiger partial charge in [-0.1, -0.05) is 12.1 Å². The second-order valence-electron chi connectivity index (χ2n) is 6.37. The van der Waals surface area contributed by atoms with Gasteiger partial charge < -0.3 is 20.3 Å². The van der Waals surface area contributed by atoms with Gasteiger partial charge in [-0.05, 0) is 30.7 Å². The lowest BCUT2D eigenvalue weighted by atomic mass is 10.1. The predicted molar refractivity (Wildman–Crippen MR) is 106 cm³/mol. The number of nitrogens with zero attached hydrogens (tertiary/aromatic N) is 4. The molecule has 8 nitrogen and oxygen atoms in total. The van der Waals surface area contributed by atoms with Gasteiger partial charge in [-0.2, -0.15) is 10.1 Å². The normalized spacial score (nSPS) is 14.6. The van der Waals surface area contributed by atoms with Crippen LogP contribution in [-0.2, 0) is 0 Å². The van der Waals surface area contributed by atoms with Crippen LogP contribution in [0.1, 0.15) is 6.42 Å². The molecule has 4 rings (SSSR count). The van der Waals surface area contributed by atoms with E-state index in [1.165, 1.54) is 0 Å². The third-order valence-corrected chi connectivity index (χ3v) is 4.56. The highest BCUT2D eigenvalue weighted by molar-refractivity contribution is 5.68. The first-order chi connectivity index (χ1) is 13.3. The minimum atomic E-state index is 0.616. The maximum Gasteiger partial charge on any atom is 0.227 e. The lowest BCUT2D eigenvalue weighted by Crippen LogP contribution is -2.29. The summed E-state index contributed by atoms with van der Waals surface area (Å²) in [5.41, 5.74) is 3.09. The molecule has 8 heteroatoms. The van der Waals surface area contributed by atoms with Gasteiger partial charge in [0, 0.05) is 37.1 Å². The summed E-state index contributed by atoms with van der Waals surface area (Å²) in [4.78, 5) is 11.4. The van der Waals surface area contributed by atoms with E-state index >= 15 is 0 Å². The maximum atomic E-state index is 5.44. The Labute approximate surface area is 158 Å². The molecule has 0 bridgehead atoms. The smallest absolute Gasteiger partial charge is 0.227 e. The van der Waals surface area contributed by atoms with E-state index in [-0.39, 0.29) is 0 Å². The van der Waals surface area contributed by atoms with Gasteiger partial charge in [0.15, 0.2) is 11.6 Å². The molecule has 0 amide bonds. The van der Waals surface area contributed by atoms with E-state index < -0.39 is 0 Å². The van der Waals surface area contributed by atoms with Crippen LogP contribution < -0.4 is 20.3 Å². The summed E-state index contributed by atoms with van der Waals surface area (Å²) in [6, 6.07) is 8.11. The molecule has 2 aromatic heterocycles. The highest BCUT2D eigenvalue weighted by Crippen LogP contribution is 2.28. The molecule has 3 heterocycles. The number of H-pyrrole nitrogens is 1. The Kier molecular flexibility index (Phi) is 5.15. The van der Waals surface area contributed by atoms with E-state index in [0.717, 1.165) is 55.4 Å². The molecule has 0 unspecified atom stereocenters. The number of aromatic amines is 1. The van der Waals surface area contributed by atoms with Crippen LogP contribution in [0, 0.1) is 0 Å². The molecule has 27 heavy (non-hydrogen) atoms. The molecular formula is C19H23N7O. The average molecular weight is 365 g/mol. The Morgan fingerprint density at radius 2 is 1.96 bits per heavy atom. The van der Waals surface area contributed by atoms with Crippen molar-refractivity contribution in [3.63, 3.8) is 0 Å². The van der Waals surface area contributed by atoms with Gasteiger partial charge in [0.2, 0.25) is 5.95 Å². The van der Waals surface area contributed by atoms with E-state index in [1.807, 2.05) is 30.5 Å². The van der Waals surface area contributed by atoms with E-state index in [9.17, 15) is 0 Å². The number of benzene rings is 1. The molecule has 0 spiro atoms. The van der Waals surface area contributed by atoms with Crippen LogP contribution in [0.25, 0.3) is 11.1 Å². The summed E-state index contributed by atoms with van der Waals surface area (Å²) in [7, 11) is 1.63. The first kappa shape index (κ1) is 17.3. The predicted octanol–water partition coefficient (Wildman–Crippen LogP) is 2.42. The number of hydrogen-bond acceptors (Lipinski definition) is 7. The van der Waals surface area contributed by atoms with Crippen LogP contribution in [0.4, 0.5) is 17.5 Å². The highest BCUT2D eigenvalue weighted by Gasteiger charge is 2.15. The number of ether oxygens (including phenoxy) is 1. The van der Waals surface area contributed by atoms with Crippen molar-refractivity contribution < 1.29 is 4.74 Å². The molecule has 3 aromatic rings. The zero-order chi connectivity index (χ0) is 18.5. The fraction of sp³-hybridized carbons (Fsp3) is 0.316. The largest absolute Gasteiger partial charge is 0.491 e. The van der Waals surface area contributed by atoms with Gasteiger partial charge in [0.05, 0.1) is 19.5 Å². The van der Waals surface area contributed by atoms with E-state index in [2.05, 4.69) is 30.7 Å². The lowest BCUT2D eigenvalue weighted by molar-refractivity contribution is 0.413. The lowest BCUT2D eigenvalue weighted by Gasteiger charge is -2.21. The van der Waals surface area contributed by atoms with E-state index in [0.29, 0.717) is 11.6 Å². The van der Waals surface area contributed by atoms with Gasteiger partial charge in [0.1, 0.15) is 0 Å². The van der Waals surface area contributed by atoms with Gasteiger partial charge in [-0.15, -0.1) is 0 Å². The van der Waals surface area contributed by atoms with Crippen molar-refractivity contribution in [1.29, 1.82) is 0 Å². The molecule has 1 aliphatic heterocycles. The minimum absolute atomic E-state index is 0.616. The van der Waals surface area contributed by atoms with Crippen LogP contribution in [0.2, 0.25) is 0 Å². The Balaban J connectivity index is 1.55. The second kappa shape index (κ2) is 8.05. The van der Waals surface area contributed by atoms with Crippen LogP contribution in [0.3, 0.4) is 0 Å². The fourth-order valence-electron chi connectivity index (χ4n) is 3.09. The summed E-state index contributed by atoms with van der Waals surface area (Å²) < 4.78 is 5.44. The first-order valence-electron chi connectivity index (χ1n) is 9.06. The molecule has 1 fully saturated rings. The zero-order valence-electron chi connectivity index (χ0n) is 15.3. The SMILES string of the molecule is COc1cnc(N2CCCNCC2)nc1Nc1ccc(-c2cn[nH]c2)cc1. The zero-order valence-corrected chi connectivity index (χ0v) is 15.3. The van der Waals surface area contributed by atoms with Crippen molar-refractivity contribution in [2.24, 2.45) is 0 Å². The number of anilines is 3. The van der Waals surface area contributed by atoms with Crippen LogP contribution in [-0.4, -0.2) is 53.5 Å². The summed E-state index contributed by atoms with van der Waals surface area (Å²) >= 11 is 0. The molecule has 0 saturated carbocycles. The van der Waals surface area contributed by atoms with Gasteiger partial charge >= 0.3 is 0 Å². The molecule has 140 valence electrons. The van der Waals surface area contributed by atoms with Gasteiger partial charge in [-0.25, -0.2) is 4.98 Å². The third-order valence-electron chi connectivity index (χ3n) is 4.56. The van der Waals surface area contributed by atoms with Crippen LogP contribution >= 0.6 is 0 Å². The number of hydrogen-bond donors (Lipinski definition) is 3. The van der Waals surface area contributed by atoms with Crippen molar-refractivity contribution >= 4 is 17.5 Å². The molecule has 1 aromatic carbocycles. The summed E-state index contributed by atoms with van der Waals surface area (Å²) in [6.07, 6.45) is 6.48. The van der Waals surface area contributed by atoms with Crippen molar-refractivity contribution in [1.82, 2.24) is 25.5 Å². The van der Waals surface area contributed by atoms with Crippen LogP contribution in [0.15, 0.2) is 42.9 Å². The van der Waals surface area contributed by atoms with Gasteiger partial charge in [0.25, 0.3) is 0 Å². The summed E-state index contributed by atoms with van der Waals surface area (Å²) in [5.74, 6) is 2.00. The molecule has 1 saturated heterocycles. The number of methoxy groups -OCH3 is 1. The molecular weight excluding hydrogens is 342 g/mol. The third kappa shape index (κ3) is 4.01. The van der Waals surface area contributed by atoms with E-state index in [4.69, 9.17) is 9.72 Å². The molecule has 0 aliphatic carbocycles. The highest BCUT2D eigenvalue weighted by atomic mass is 16.5. The number of aromatic nitrogens is 4. The summed E-state index contributed by atoms with van der Waals surface area (Å²) in [6.45, 7) is 3.80. The molecule has 0 atom stereocenters. The monoisotopic (exact) mass is 365 g/mol. The quantitative estimate of drug-likeness (QED) is 0.639. The molecule has 3 N–H and O–H groups in total. The second-order valence-corrected chi connectivity index (χ2v) is 6.37.